The zero-order valence-electron chi connectivity index (χ0n) is 15.2. The van der Waals surface area contributed by atoms with Crippen molar-refractivity contribution in [1.29, 1.82) is 0 Å². The van der Waals surface area contributed by atoms with Crippen molar-refractivity contribution in [1.82, 2.24) is 10.2 Å². The number of hydrogen-bond donors (Lipinski definition) is 1. The van der Waals surface area contributed by atoms with Gasteiger partial charge < -0.3 is 4.42 Å². The molecular formula is C20H20ClN3O2S. The molecular weight excluding hydrogens is 382 g/mol. The smallest absolute Gasteiger partial charge is 0.322 e. The molecule has 1 aromatic heterocycles. The van der Waals surface area contributed by atoms with Crippen LogP contribution in [0.1, 0.15) is 24.0 Å². The summed E-state index contributed by atoms with van der Waals surface area (Å²) in [5.74, 6) is 1.11. The second kappa shape index (κ2) is 9.06. The van der Waals surface area contributed by atoms with E-state index >= 15 is 0 Å². The number of halogens is 1. The first-order valence-electron chi connectivity index (χ1n) is 8.60. The molecule has 0 spiro atoms. The van der Waals surface area contributed by atoms with E-state index in [1.54, 1.807) is 11.8 Å². The molecule has 27 heavy (non-hydrogen) atoms. The fourth-order valence-corrected chi connectivity index (χ4v) is 3.55. The summed E-state index contributed by atoms with van der Waals surface area (Å²) >= 11 is 7.56. The molecule has 7 heteroatoms. The van der Waals surface area contributed by atoms with E-state index in [9.17, 15) is 4.79 Å². The van der Waals surface area contributed by atoms with Gasteiger partial charge in [0.2, 0.25) is 11.8 Å². The van der Waals surface area contributed by atoms with E-state index < -0.39 is 0 Å². The molecule has 0 aliphatic heterocycles. The zero-order valence-corrected chi connectivity index (χ0v) is 16.7. The van der Waals surface area contributed by atoms with Crippen LogP contribution in [0.25, 0.3) is 11.5 Å². The first-order valence-corrected chi connectivity index (χ1v) is 9.97. The molecule has 0 radical (unpaired) electrons. The Balaban J connectivity index is 1.47. The molecule has 3 aromatic rings. The number of nitrogens with one attached hydrogen (secondary N) is 1. The van der Waals surface area contributed by atoms with Gasteiger partial charge in [0, 0.05) is 21.9 Å². The highest BCUT2D eigenvalue weighted by molar-refractivity contribution is 7.99. The average Bonchev–Trinajstić information content (AvgIpc) is 3.08. The molecule has 0 bridgehead atoms. The van der Waals surface area contributed by atoms with Gasteiger partial charge in [-0.15, -0.1) is 16.9 Å². The van der Waals surface area contributed by atoms with Gasteiger partial charge in [0.15, 0.2) is 0 Å². The van der Waals surface area contributed by atoms with Crippen LogP contribution in [0.2, 0.25) is 5.02 Å². The van der Waals surface area contributed by atoms with Crippen LogP contribution in [0.4, 0.5) is 6.01 Å². The molecule has 0 aliphatic carbocycles. The Morgan fingerprint density at radius 2 is 1.93 bits per heavy atom. The van der Waals surface area contributed by atoms with Crippen molar-refractivity contribution in [2.45, 2.75) is 31.6 Å². The summed E-state index contributed by atoms with van der Waals surface area (Å²) in [5.41, 5.74) is 3.09. The van der Waals surface area contributed by atoms with Crippen molar-refractivity contribution in [3.05, 3.63) is 58.6 Å². The number of anilines is 1. The summed E-state index contributed by atoms with van der Waals surface area (Å²) in [6.07, 6.45) is 1.14. The lowest BCUT2D eigenvalue weighted by Crippen LogP contribution is -2.11. The van der Waals surface area contributed by atoms with Crippen LogP contribution in [0.15, 0.2) is 51.8 Å². The third-order valence-corrected chi connectivity index (χ3v) is 5.26. The molecule has 0 atom stereocenters. The number of nitrogens with zero attached hydrogens (tertiary/aromatic N) is 2. The van der Waals surface area contributed by atoms with Gasteiger partial charge in [-0.1, -0.05) is 34.4 Å². The third kappa shape index (κ3) is 5.58. The second-order valence-corrected chi connectivity index (χ2v) is 7.79. The predicted molar refractivity (Wildman–Crippen MR) is 109 cm³/mol. The molecule has 0 aliphatic rings. The lowest BCUT2D eigenvalue weighted by Gasteiger charge is -2.03. The first kappa shape index (κ1) is 19.5. The van der Waals surface area contributed by atoms with Gasteiger partial charge in [-0.05, 0) is 61.9 Å². The summed E-state index contributed by atoms with van der Waals surface area (Å²) in [5, 5.41) is 11.3. The zero-order chi connectivity index (χ0) is 19.2. The maximum atomic E-state index is 12.1. The van der Waals surface area contributed by atoms with Crippen molar-refractivity contribution in [3.63, 3.8) is 0 Å². The molecule has 0 saturated heterocycles. The molecule has 2 aromatic carbocycles. The minimum Gasteiger partial charge on any atom is -0.403 e. The average molecular weight is 402 g/mol. The van der Waals surface area contributed by atoms with Gasteiger partial charge in [0.1, 0.15) is 0 Å². The van der Waals surface area contributed by atoms with Gasteiger partial charge in [0.05, 0.1) is 0 Å². The van der Waals surface area contributed by atoms with Crippen molar-refractivity contribution < 1.29 is 9.21 Å². The third-order valence-electron chi connectivity index (χ3n) is 3.91. The van der Waals surface area contributed by atoms with E-state index in [2.05, 4.69) is 21.6 Å². The number of amides is 1. The number of hydrogen-bond acceptors (Lipinski definition) is 5. The molecule has 0 fully saturated rings. The van der Waals surface area contributed by atoms with Gasteiger partial charge in [-0.25, -0.2) is 0 Å². The Morgan fingerprint density at radius 1 is 1.15 bits per heavy atom. The second-order valence-electron chi connectivity index (χ2n) is 6.18. The fraction of sp³-hybridized carbons (Fsp3) is 0.250. The van der Waals surface area contributed by atoms with Crippen LogP contribution in [0.5, 0.6) is 0 Å². The molecule has 140 valence electrons. The maximum absolute atomic E-state index is 12.1. The van der Waals surface area contributed by atoms with E-state index in [1.165, 1.54) is 5.56 Å². The van der Waals surface area contributed by atoms with E-state index in [4.69, 9.17) is 16.0 Å². The number of carbonyl (C=O) groups excluding carboxylic acids is 1. The Morgan fingerprint density at radius 3 is 2.67 bits per heavy atom. The van der Waals surface area contributed by atoms with Crippen molar-refractivity contribution in [3.8, 4) is 11.5 Å². The number of thioether (sulfide) groups is 1. The highest BCUT2D eigenvalue weighted by Crippen LogP contribution is 2.25. The van der Waals surface area contributed by atoms with Gasteiger partial charge in [-0.2, -0.15) is 0 Å². The number of carbonyl (C=O) groups is 1. The van der Waals surface area contributed by atoms with Gasteiger partial charge in [-0.3, -0.25) is 10.1 Å². The number of aromatic nitrogens is 2. The van der Waals surface area contributed by atoms with E-state index in [-0.39, 0.29) is 11.9 Å². The maximum Gasteiger partial charge on any atom is 0.322 e. The summed E-state index contributed by atoms with van der Waals surface area (Å²) in [7, 11) is 0. The van der Waals surface area contributed by atoms with Crippen molar-refractivity contribution >= 4 is 35.3 Å². The standard InChI is InChI=1S/C20H20ClN3O2S/c1-13-5-10-17(14(2)12-13)19-23-24-20(26-19)22-18(25)4-3-11-27-16-8-6-15(21)7-9-16/h5-10,12H,3-4,11H2,1-2H3,(H,22,24,25). The Bertz CT molecular complexity index is 925. The lowest BCUT2D eigenvalue weighted by atomic mass is 10.1. The highest BCUT2D eigenvalue weighted by atomic mass is 35.5. The fourth-order valence-electron chi connectivity index (χ4n) is 2.57. The molecule has 0 saturated carbocycles. The van der Waals surface area contributed by atoms with Gasteiger partial charge in [0.25, 0.3) is 0 Å². The van der Waals surface area contributed by atoms with Gasteiger partial charge >= 0.3 is 6.01 Å². The number of aryl methyl sites for hydroxylation is 2. The summed E-state index contributed by atoms with van der Waals surface area (Å²) < 4.78 is 5.58. The predicted octanol–water partition coefficient (Wildman–Crippen LogP) is 5.52. The topological polar surface area (TPSA) is 68.0 Å². The number of benzene rings is 2. The molecule has 1 amide bonds. The van der Waals surface area contributed by atoms with Crippen LogP contribution >= 0.6 is 23.4 Å². The van der Waals surface area contributed by atoms with Crippen molar-refractivity contribution in [2.24, 2.45) is 0 Å². The van der Waals surface area contributed by atoms with Crippen molar-refractivity contribution in [2.75, 3.05) is 11.1 Å². The minimum absolute atomic E-state index is 0.125. The lowest BCUT2D eigenvalue weighted by molar-refractivity contribution is -0.116. The minimum atomic E-state index is -0.137. The van der Waals surface area contributed by atoms with Crippen LogP contribution in [0.3, 0.4) is 0 Å². The molecule has 5 nitrogen and oxygen atoms in total. The van der Waals surface area contributed by atoms with Crippen LogP contribution in [-0.4, -0.2) is 21.9 Å². The molecule has 0 unspecified atom stereocenters. The molecule has 1 N–H and O–H groups in total. The largest absolute Gasteiger partial charge is 0.403 e. The van der Waals surface area contributed by atoms with Crippen LogP contribution in [-0.2, 0) is 4.79 Å². The molecule has 1 heterocycles. The summed E-state index contributed by atoms with van der Waals surface area (Å²) in [6, 6.07) is 13.8. The summed E-state index contributed by atoms with van der Waals surface area (Å²) in [6.45, 7) is 4.02. The highest BCUT2D eigenvalue weighted by Gasteiger charge is 2.13. The van der Waals surface area contributed by atoms with Crippen LogP contribution in [0, 0.1) is 13.8 Å². The van der Waals surface area contributed by atoms with E-state index in [0.717, 1.165) is 33.2 Å². The Labute approximate surface area is 167 Å². The van der Waals surface area contributed by atoms with E-state index in [1.807, 2.05) is 50.2 Å². The Hall–Kier alpha value is -2.31. The van der Waals surface area contributed by atoms with Crippen LogP contribution < -0.4 is 5.32 Å². The monoisotopic (exact) mass is 401 g/mol. The number of rotatable bonds is 7. The molecule has 3 rings (SSSR count). The van der Waals surface area contributed by atoms with E-state index in [0.29, 0.717) is 12.3 Å². The summed E-state index contributed by atoms with van der Waals surface area (Å²) in [4.78, 5) is 13.2. The Kier molecular flexibility index (Phi) is 6.53. The first-order chi connectivity index (χ1) is 13.0. The normalized spacial score (nSPS) is 10.8. The SMILES string of the molecule is Cc1ccc(-c2nnc(NC(=O)CCCSc3ccc(Cl)cc3)o2)c(C)c1. The quantitative estimate of drug-likeness (QED) is 0.417.